The Morgan fingerprint density at radius 1 is 1.04 bits per heavy atom. The van der Waals surface area contributed by atoms with Gasteiger partial charge in [0.25, 0.3) is 0 Å². The van der Waals surface area contributed by atoms with Gasteiger partial charge in [0.2, 0.25) is 11.2 Å². The molecule has 0 spiro atoms. The molecule has 0 saturated carbocycles. The minimum atomic E-state index is -0.362. The van der Waals surface area contributed by atoms with Gasteiger partial charge in [0, 0.05) is 12.5 Å². The van der Waals surface area contributed by atoms with Crippen LogP contribution in [0.25, 0.3) is 11.0 Å². The van der Waals surface area contributed by atoms with Crippen LogP contribution in [0.3, 0.4) is 0 Å². The van der Waals surface area contributed by atoms with E-state index in [-0.39, 0.29) is 23.6 Å². The van der Waals surface area contributed by atoms with Gasteiger partial charge in [-0.15, -0.1) is 0 Å². The van der Waals surface area contributed by atoms with Crippen molar-refractivity contribution in [3.63, 3.8) is 0 Å². The average molecular weight is 354 g/mol. The third kappa shape index (κ3) is 3.69. The van der Waals surface area contributed by atoms with Crippen LogP contribution in [0, 0.1) is 0 Å². The summed E-state index contributed by atoms with van der Waals surface area (Å²) in [4.78, 5) is 24.0. The lowest BCUT2D eigenvalue weighted by molar-refractivity contribution is -0.134. The summed E-state index contributed by atoms with van der Waals surface area (Å²) >= 11 is 0. The molecule has 3 rings (SSSR count). The Bertz CT molecular complexity index is 989. The first-order valence-corrected chi connectivity index (χ1v) is 8.28. The summed E-state index contributed by atoms with van der Waals surface area (Å²) in [5.74, 6) is 0.968. The van der Waals surface area contributed by atoms with Crippen molar-refractivity contribution in [3.8, 4) is 23.0 Å². The molecule has 0 saturated heterocycles. The number of ether oxygens (including phenoxy) is 3. The van der Waals surface area contributed by atoms with Crippen LogP contribution in [0.5, 0.6) is 23.0 Å². The van der Waals surface area contributed by atoms with Crippen molar-refractivity contribution < 1.29 is 23.4 Å². The van der Waals surface area contributed by atoms with Gasteiger partial charge in [-0.25, -0.2) is 0 Å². The van der Waals surface area contributed by atoms with Crippen LogP contribution in [-0.4, -0.2) is 12.6 Å². The molecular formula is C20H18O6. The van der Waals surface area contributed by atoms with Crippen molar-refractivity contribution >= 4 is 16.9 Å². The van der Waals surface area contributed by atoms with E-state index in [1.165, 1.54) is 12.3 Å². The highest BCUT2D eigenvalue weighted by Crippen LogP contribution is 2.31. The summed E-state index contributed by atoms with van der Waals surface area (Å²) < 4.78 is 21.8. The molecule has 0 atom stereocenters. The molecule has 134 valence electrons. The highest BCUT2D eigenvalue weighted by molar-refractivity contribution is 5.80. The van der Waals surface area contributed by atoms with Crippen molar-refractivity contribution in [3.05, 3.63) is 59.0 Å². The van der Waals surface area contributed by atoms with Gasteiger partial charge in [0.15, 0.2) is 11.5 Å². The highest BCUT2D eigenvalue weighted by Gasteiger charge is 2.13. The van der Waals surface area contributed by atoms with E-state index in [1.807, 2.05) is 13.0 Å². The van der Waals surface area contributed by atoms with Gasteiger partial charge >= 0.3 is 5.97 Å². The van der Waals surface area contributed by atoms with E-state index in [0.717, 1.165) is 0 Å². The Kier molecular flexibility index (Phi) is 5.22. The molecule has 0 aliphatic rings. The number of esters is 1. The van der Waals surface area contributed by atoms with Crippen molar-refractivity contribution in [1.82, 2.24) is 0 Å². The third-order valence-electron chi connectivity index (χ3n) is 3.60. The zero-order chi connectivity index (χ0) is 18.5. The fourth-order valence-electron chi connectivity index (χ4n) is 2.36. The standard InChI is InChI=1S/C20H18O6/c1-3-19(21)25-13-9-10-14-17(11-13)24-12-18(20(14)22)26-16-8-6-5-7-15(16)23-4-2/h5-12H,3-4H2,1-2H3. The molecule has 0 aliphatic carbocycles. The summed E-state index contributed by atoms with van der Waals surface area (Å²) in [6.45, 7) is 4.04. The first kappa shape index (κ1) is 17.5. The maximum absolute atomic E-state index is 12.7. The Morgan fingerprint density at radius 2 is 1.81 bits per heavy atom. The second kappa shape index (κ2) is 7.74. The van der Waals surface area contributed by atoms with Crippen LogP contribution in [0.15, 0.2) is 57.9 Å². The van der Waals surface area contributed by atoms with E-state index in [4.69, 9.17) is 18.6 Å². The zero-order valence-electron chi connectivity index (χ0n) is 14.5. The van der Waals surface area contributed by atoms with Crippen LogP contribution in [0.1, 0.15) is 20.3 Å². The summed E-state index contributed by atoms with van der Waals surface area (Å²) in [6, 6.07) is 11.7. The number of benzene rings is 2. The molecule has 6 heteroatoms. The van der Waals surface area contributed by atoms with Gasteiger partial charge in [0.1, 0.15) is 17.6 Å². The van der Waals surface area contributed by atoms with Crippen LogP contribution >= 0.6 is 0 Å². The number of fused-ring (bicyclic) bond motifs is 1. The predicted octanol–water partition coefficient (Wildman–Crippen LogP) is 4.30. The van der Waals surface area contributed by atoms with Gasteiger partial charge in [-0.3, -0.25) is 9.59 Å². The van der Waals surface area contributed by atoms with Gasteiger partial charge in [-0.05, 0) is 31.2 Å². The van der Waals surface area contributed by atoms with Gasteiger partial charge in [-0.1, -0.05) is 19.1 Å². The van der Waals surface area contributed by atoms with E-state index in [0.29, 0.717) is 34.8 Å². The molecule has 0 radical (unpaired) electrons. The zero-order valence-corrected chi connectivity index (χ0v) is 14.5. The molecule has 3 aromatic rings. The Morgan fingerprint density at radius 3 is 2.54 bits per heavy atom. The monoisotopic (exact) mass is 354 g/mol. The van der Waals surface area contributed by atoms with E-state index in [1.54, 1.807) is 37.3 Å². The molecule has 0 amide bonds. The fourth-order valence-corrected chi connectivity index (χ4v) is 2.36. The normalized spacial score (nSPS) is 10.5. The maximum Gasteiger partial charge on any atom is 0.310 e. The number of carbonyl (C=O) groups excluding carboxylic acids is 1. The number of hydrogen-bond donors (Lipinski definition) is 0. The SMILES string of the molecule is CCOc1ccccc1Oc1coc2cc(OC(=O)CC)ccc2c1=O. The maximum atomic E-state index is 12.7. The fraction of sp³-hybridized carbons (Fsp3) is 0.200. The van der Waals surface area contributed by atoms with Crippen molar-refractivity contribution in [2.75, 3.05) is 6.61 Å². The van der Waals surface area contributed by atoms with Crippen LogP contribution in [-0.2, 0) is 4.79 Å². The topological polar surface area (TPSA) is 75.0 Å². The van der Waals surface area contributed by atoms with Gasteiger partial charge < -0.3 is 18.6 Å². The van der Waals surface area contributed by atoms with Crippen LogP contribution in [0.2, 0.25) is 0 Å². The third-order valence-corrected chi connectivity index (χ3v) is 3.60. The lowest BCUT2D eigenvalue weighted by Crippen LogP contribution is -2.07. The summed E-state index contributed by atoms with van der Waals surface area (Å²) in [6.07, 6.45) is 1.49. The number of hydrogen-bond acceptors (Lipinski definition) is 6. The molecule has 0 unspecified atom stereocenters. The lowest BCUT2D eigenvalue weighted by Gasteiger charge is -2.11. The number of rotatable bonds is 6. The molecule has 1 aromatic heterocycles. The molecule has 0 N–H and O–H groups in total. The minimum absolute atomic E-state index is 0.0444. The molecule has 2 aromatic carbocycles. The van der Waals surface area contributed by atoms with Gasteiger partial charge in [-0.2, -0.15) is 0 Å². The lowest BCUT2D eigenvalue weighted by atomic mass is 10.2. The summed E-state index contributed by atoms with van der Waals surface area (Å²) in [5, 5.41) is 0.327. The Hall–Kier alpha value is -3.28. The molecule has 1 heterocycles. The molecule has 0 fully saturated rings. The average Bonchev–Trinajstić information content (AvgIpc) is 2.65. The minimum Gasteiger partial charge on any atom is -0.490 e. The van der Waals surface area contributed by atoms with Crippen molar-refractivity contribution in [1.29, 1.82) is 0 Å². The van der Waals surface area contributed by atoms with E-state index in [9.17, 15) is 9.59 Å². The molecule has 26 heavy (non-hydrogen) atoms. The van der Waals surface area contributed by atoms with Crippen molar-refractivity contribution in [2.45, 2.75) is 20.3 Å². The molecule has 0 bridgehead atoms. The summed E-state index contributed by atoms with van der Waals surface area (Å²) in [7, 11) is 0. The van der Waals surface area contributed by atoms with Crippen LogP contribution in [0.4, 0.5) is 0 Å². The molecule has 6 nitrogen and oxygen atoms in total. The van der Waals surface area contributed by atoms with Gasteiger partial charge in [0.05, 0.1) is 12.0 Å². The van der Waals surface area contributed by atoms with E-state index >= 15 is 0 Å². The van der Waals surface area contributed by atoms with E-state index < -0.39 is 0 Å². The smallest absolute Gasteiger partial charge is 0.310 e. The predicted molar refractivity (Wildman–Crippen MR) is 96.1 cm³/mol. The second-order valence-electron chi connectivity index (χ2n) is 5.40. The number of para-hydroxylation sites is 2. The van der Waals surface area contributed by atoms with Crippen LogP contribution < -0.4 is 19.6 Å². The van der Waals surface area contributed by atoms with E-state index in [2.05, 4.69) is 0 Å². The Balaban J connectivity index is 1.94. The highest BCUT2D eigenvalue weighted by atomic mass is 16.5. The van der Waals surface area contributed by atoms with Crippen molar-refractivity contribution in [2.24, 2.45) is 0 Å². The first-order valence-electron chi connectivity index (χ1n) is 8.28. The summed E-state index contributed by atoms with van der Waals surface area (Å²) in [5.41, 5.74) is -0.0206. The largest absolute Gasteiger partial charge is 0.490 e. The second-order valence-corrected chi connectivity index (χ2v) is 5.40. The quantitative estimate of drug-likeness (QED) is 0.485. The molecular weight excluding hydrogens is 336 g/mol. The molecule has 0 aliphatic heterocycles. The first-order chi connectivity index (χ1) is 12.6. The Labute approximate surface area is 149 Å². The number of carbonyl (C=O) groups is 1.